The Morgan fingerprint density at radius 3 is 2.38 bits per heavy atom. The van der Waals surface area contributed by atoms with Gasteiger partial charge < -0.3 is 14.8 Å². The Balaban J connectivity index is 1.52. The van der Waals surface area contributed by atoms with Crippen LogP contribution in [-0.4, -0.2) is 34.3 Å². The number of esters is 1. The van der Waals surface area contributed by atoms with E-state index in [4.69, 9.17) is 14.9 Å². The molecular weight excluding hydrogens is 464 g/mol. The van der Waals surface area contributed by atoms with Crippen molar-refractivity contribution in [2.45, 2.75) is 33.0 Å². The molecule has 7 nitrogen and oxygen atoms in total. The number of para-hydroxylation sites is 1. The van der Waals surface area contributed by atoms with E-state index in [-0.39, 0.29) is 6.61 Å². The summed E-state index contributed by atoms with van der Waals surface area (Å²) in [5.74, 6) is 0.239. The van der Waals surface area contributed by atoms with Gasteiger partial charge in [-0.05, 0) is 74.9 Å². The average molecular weight is 495 g/mol. The Kier molecular flexibility index (Phi) is 7.63. The van der Waals surface area contributed by atoms with Crippen LogP contribution in [0.4, 0.5) is 0 Å². The minimum Gasteiger partial charge on any atom is -0.487 e. The molecule has 2 heterocycles. The second kappa shape index (κ2) is 11.0. The highest BCUT2D eigenvalue weighted by atomic mass is 16.6. The number of carbonyl (C=O) groups is 1. The molecule has 0 aliphatic carbocycles. The molecule has 2 aromatic carbocycles. The first-order valence-electron chi connectivity index (χ1n) is 12.0. The second-order valence-corrected chi connectivity index (χ2v) is 9.45. The van der Waals surface area contributed by atoms with Crippen LogP contribution in [0.1, 0.15) is 48.0 Å². The van der Waals surface area contributed by atoms with Crippen LogP contribution in [-0.2, 0) is 11.3 Å². The highest BCUT2D eigenvalue weighted by Gasteiger charge is 2.21. The largest absolute Gasteiger partial charge is 0.487 e. The lowest BCUT2D eigenvalue weighted by molar-refractivity contribution is 0.00715. The van der Waals surface area contributed by atoms with E-state index < -0.39 is 11.6 Å². The molecule has 0 amide bonds. The summed E-state index contributed by atoms with van der Waals surface area (Å²) in [4.78, 5) is 21.6. The number of allylic oxidation sites excluding steroid dienone is 1. The Labute approximate surface area is 216 Å². The summed E-state index contributed by atoms with van der Waals surface area (Å²) in [6.07, 6.45) is 5.21. The summed E-state index contributed by atoms with van der Waals surface area (Å²) in [5, 5.41) is 12.5. The van der Waals surface area contributed by atoms with E-state index in [1.54, 1.807) is 31.7 Å². The summed E-state index contributed by atoms with van der Waals surface area (Å²) in [5.41, 5.74) is 3.97. The third-order valence-electron chi connectivity index (χ3n) is 5.47. The Bertz CT molecular complexity index is 1440. The average Bonchev–Trinajstić information content (AvgIpc) is 2.89. The number of aromatic nitrogens is 2. The maximum Gasteiger partial charge on any atom is 0.339 e. The Morgan fingerprint density at radius 1 is 1.00 bits per heavy atom. The van der Waals surface area contributed by atoms with Crippen LogP contribution in [0.2, 0.25) is 0 Å². The number of pyridine rings is 2. The van der Waals surface area contributed by atoms with Crippen LogP contribution >= 0.6 is 0 Å². The summed E-state index contributed by atoms with van der Waals surface area (Å²) >= 11 is 0. The lowest BCUT2D eigenvalue weighted by Crippen LogP contribution is -2.24. The first-order chi connectivity index (χ1) is 17.7. The maximum absolute atomic E-state index is 12.9. The van der Waals surface area contributed by atoms with Crippen molar-refractivity contribution in [3.8, 4) is 5.75 Å². The molecule has 0 aliphatic rings. The first kappa shape index (κ1) is 25.6. The Hall–Kier alpha value is -4.52. The van der Waals surface area contributed by atoms with Crippen molar-refractivity contribution in [2.24, 2.45) is 0 Å². The van der Waals surface area contributed by atoms with E-state index in [0.29, 0.717) is 28.2 Å². The smallest absolute Gasteiger partial charge is 0.339 e. The van der Waals surface area contributed by atoms with Crippen LogP contribution in [0.5, 0.6) is 5.75 Å². The fourth-order valence-electron chi connectivity index (χ4n) is 3.81. The SMILES string of the molecule is CN/C=C(\C(=N)c1ccc(OCc2cc(C(=O)OC(C)(C)C)c3ccccc3n2)cc1)c1ccncc1. The lowest BCUT2D eigenvalue weighted by Gasteiger charge is -2.20. The highest BCUT2D eigenvalue weighted by molar-refractivity contribution is 6.30. The van der Waals surface area contributed by atoms with Gasteiger partial charge in [0.15, 0.2) is 0 Å². The predicted octanol–water partition coefficient (Wildman–Crippen LogP) is 5.79. The van der Waals surface area contributed by atoms with E-state index in [2.05, 4.69) is 15.3 Å². The van der Waals surface area contributed by atoms with Gasteiger partial charge in [-0.2, -0.15) is 0 Å². The van der Waals surface area contributed by atoms with E-state index in [9.17, 15) is 4.79 Å². The molecular formula is C30H30N4O3. The zero-order valence-corrected chi connectivity index (χ0v) is 21.4. The monoisotopic (exact) mass is 494 g/mol. The van der Waals surface area contributed by atoms with Gasteiger partial charge in [0.1, 0.15) is 18.0 Å². The molecule has 0 fully saturated rings. The number of hydrogen-bond acceptors (Lipinski definition) is 7. The molecule has 188 valence electrons. The van der Waals surface area contributed by atoms with Gasteiger partial charge in [0, 0.05) is 42.2 Å². The predicted molar refractivity (Wildman–Crippen MR) is 146 cm³/mol. The number of hydrogen-bond donors (Lipinski definition) is 2. The highest BCUT2D eigenvalue weighted by Crippen LogP contribution is 2.24. The van der Waals surface area contributed by atoms with E-state index in [1.807, 2.05) is 81.4 Å². The quantitative estimate of drug-likeness (QED) is 0.238. The van der Waals surface area contributed by atoms with Crippen molar-refractivity contribution < 1.29 is 14.3 Å². The standard InChI is InChI=1S/C30H30N4O3/c1-30(2,3)37-29(35)25-17-22(34-27-8-6-5-7-24(25)27)19-36-23-11-9-21(10-12-23)28(31)26(18-32-4)20-13-15-33-16-14-20/h5-18,31-32H,19H2,1-4H3/b26-18-,31-28?. The topological polar surface area (TPSA) is 97.2 Å². The number of nitrogens with one attached hydrogen (secondary N) is 2. The van der Waals surface area contributed by atoms with Gasteiger partial charge in [-0.15, -0.1) is 0 Å². The van der Waals surface area contributed by atoms with E-state index in [1.165, 1.54) is 0 Å². The number of ether oxygens (including phenoxy) is 2. The minimum absolute atomic E-state index is 0.180. The van der Waals surface area contributed by atoms with Gasteiger partial charge in [-0.1, -0.05) is 18.2 Å². The third-order valence-corrected chi connectivity index (χ3v) is 5.47. The summed E-state index contributed by atoms with van der Waals surface area (Å²) in [7, 11) is 1.81. The van der Waals surface area contributed by atoms with Crippen molar-refractivity contribution in [1.29, 1.82) is 5.41 Å². The van der Waals surface area contributed by atoms with Crippen LogP contribution in [0.25, 0.3) is 16.5 Å². The van der Waals surface area contributed by atoms with Crippen molar-refractivity contribution in [2.75, 3.05) is 7.05 Å². The molecule has 0 bridgehead atoms. The molecule has 2 N–H and O–H groups in total. The molecule has 0 aliphatic heterocycles. The first-order valence-corrected chi connectivity index (χ1v) is 12.0. The summed E-state index contributed by atoms with van der Waals surface area (Å²) in [6, 6.07) is 20.3. The van der Waals surface area contributed by atoms with E-state index >= 15 is 0 Å². The summed E-state index contributed by atoms with van der Waals surface area (Å²) in [6.45, 7) is 5.71. The van der Waals surface area contributed by atoms with Crippen molar-refractivity contribution >= 4 is 28.2 Å². The van der Waals surface area contributed by atoms with Crippen LogP contribution < -0.4 is 10.1 Å². The van der Waals surface area contributed by atoms with Crippen molar-refractivity contribution in [1.82, 2.24) is 15.3 Å². The molecule has 4 rings (SSSR count). The normalized spacial score (nSPS) is 11.7. The van der Waals surface area contributed by atoms with Gasteiger partial charge in [0.2, 0.25) is 0 Å². The maximum atomic E-state index is 12.9. The molecule has 4 aromatic rings. The molecule has 0 saturated heterocycles. The number of benzene rings is 2. The fourth-order valence-corrected chi connectivity index (χ4v) is 3.81. The number of carbonyl (C=O) groups excluding carboxylic acids is 1. The minimum atomic E-state index is -0.604. The number of fused-ring (bicyclic) bond motifs is 1. The van der Waals surface area contributed by atoms with Gasteiger partial charge in [-0.3, -0.25) is 10.4 Å². The second-order valence-electron chi connectivity index (χ2n) is 9.45. The van der Waals surface area contributed by atoms with E-state index in [0.717, 1.165) is 22.1 Å². The van der Waals surface area contributed by atoms with Gasteiger partial charge in [0.25, 0.3) is 0 Å². The van der Waals surface area contributed by atoms with Crippen LogP contribution in [0.15, 0.2) is 85.3 Å². The number of rotatable bonds is 8. The molecule has 0 radical (unpaired) electrons. The lowest BCUT2D eigenvalue weighted by atomic mass is 9.97. The third kappa shape index (κ3) is 6.38. The molecule has 0 unspecified atom stereocenters. The van der Waals surface area contributed by atoms with Gasteiger partial charge >= 0.3 is 5.97 Å². The van der Waals surface area contributed by atoms with Crippen molar-refractivity contribution in [3.05, 3.63) is 108 Å². The van der Waals surface area contributed by atoms with Crippen molar-refractivity contribution in [3.63, 3.8) is 0 Å². The van der Waals surface area contributed by atoms with Gasteiger partial charge in [-0.25, -0.2) is 9.78 Å². The zero-order valence-electron chi connectivity index (χ0n) is 21.4. The number of nitrogens with zero attached hydrogens (tertiary/aromatic N) is 2. The molecule has 37 heavy (non-hydrogen) atoms. The fraction of sp³-hybridized carbons (Fsp3) is 0.200. The zero-order chi connectivity index (χ0) is 26.4. The van der Waals surface area contributed by atoms with Gasteiger partial charge in [0.05, 0.1) is 22.5 Å². The molecule has 0 atom stereocenters. The Morgan fingerprint density at radius 2 is 1.70 bits per heavy atom. The van der Waals surface area contributed by atoms with Crippen LogP contribution in [0.3, 0.4) is 0 Å². The molecule has 2 aromatic heterocycles. The summed E-state index contributed by atoms with van der Waals surface area (Å²) < 4.78 is 11.6. The van der Waals surface area contributed by atoms with Crippen LogP contribution in [0, 0.1) is 5.41 Å². The molecule has 7 heteroatoms. The molecule has 0 saturated carbocycles. The molecule has 0 spiro atoms.